The lowest BCUT2D eigenvalue weighted by molar-refractivity contribution is -0.178. The van der Waals surface area contributed by atoms with E-state index < -0.39 is 10.8 Å². The second-order valence-electron chi connectivity index (χ2n) is 47.0. The van der Waals surface area contributed by atoms with Crippen LogP contribution in [0.25, 0.3) is 0 Å². The minimum atomic E-state index is -0.464. The van der Waals surface area contributed by atoms with Gasteiger partial charge in [-0.05, 0) is 335 Å². The zero-order valence-corrected chi connectivity index (χ0v) is 74.6. The fourth-order valence-corrected chi connectivity index (χ4v) is 36.2. The number of hydrogen-bond donors (Lipinski definition) is 0. The molecule has 20 aliphatic carbocycles. The molecule has 21 nitrogen and oxygen atoms in total. The summed E-state index contributed by atoms with van der Waals surface area (Å²) < 4.78 is 62.8. The van der Waals surface area contributed by atoms with Gasteiger partial charge in [0.05, 0.1) is 96.8 Å². The Morgan fingerprint density at radius 3 is 0.847 bits per heavy atom. The summed E-state index contributed by atoms with van der Waals surface area (Å²) in [6, 6.07) is 0. The van der Waals surface area contributed by atoms with Gasteiger partial charge in [0.15, 0.2) is 0 Å². The summed E-state index contributed by atoms with van der Waals surface area (Å²) in [6.07, 6.45) is 19.4. The van der Waals surface area contributed by atoms with Crippen LogP contribution in [-0.2, 0) is 100 Å². The summed E-state index contributed by atoms with van der Waals surface area (Å²) >= 11 is 0. The van der Waals surface area contributed by atoms with Crippen molar-refractivity contribution in [3.63, 3.8) is 0 Å². The maximum absolute atomic E-state index is 12.7. The number of carbonyl (C=O) groups is 10. The van der Waals surface area contributed by atoms with E-state index in [0.717, 1.165) is 76.0 Å². The molecular weight excluding hydrogens is 1660 g/mol. The number of hydrogen-bond acceptors (Lipinski definition) is 21. The van der Waals surface area contributed by atoms with Crippen molar-refractivity contribution >= 4 is 59.7 Å². The zero-order valence-electron chi connectivity index (χ0n) is 74.6. The molecule has 20 saturated carbocycles. The summed E-state index contributed by atoms with van der Waals surface area (Å²) in [5.41, 5.74) is -1.25. The fourth-order valence-electron chi connectivity index (χ4n) is 36.2. The van der Waals surface area contributed by atoms with Gasteiger partial charge >= 0.3 is 59.7 Å². The summed E-state index contributed by atoms with van der Waals surface area (Å²) in [5.74, 6) is 21.5. The lowest BCUT2D eigenvalue weighted by Crippen LogP contribution is -2.50. The molecule has 0 aromatic heterocycles. The molecule has 0 aromatic rings. The SMILES string of the molecule is C.C.C.C.C.C.C.C.C.C.CCC(C)(C)C(=O)OC1C(C)C2CC1C1C3CC(C4COC(=O)C43)C21.CCC(C)(C)C(=O)OC1C2CC(C1OC)C1C3CC(C4C(=O)OCC34)C21.CCC(C)(C)C(=O)OC1CC2CC1C1C3CC(C4C(=O)OCC34)C21.CCC(C)C(=O)OC1CC2CC1C1C3CC(C4C(=O)OCC34)C21.CCC(C)C(=O)OC1CC2CC1C1C3CC(C4COC(=O)C43)C21. The van der Waals surface area contributed by atoms with Gasteiger partial charge in [-0.2, -0.15) is 0 Å². The van der Waals surface area contributed by atoms with Crippen molar-refractivity contribution in [3.05, 3.63) is 0 Å². The van der Waals surface area contributed by atoms with Crippen LogP contribution in [0.2, 0.25) is 0 Å². The molecule has 746 valence electrons. The lowest BCUT2D eigenvalue weighted by atomic mass is 9.61. The van der Waals surface area contributed by atoms with Crippen molar-refractivity contribution in [1.29, 1.82) is 0 Å². The van der Waals surface area contributed by atoms with Crippen molar-refractivity contribution in [2.24, 2.45) is 271 Å². The third-order valence-electron chi connectivity index (χ3n) is 42.3. The Balaban J connectivity index is 0.000000155. The number of esters is 10. The minimum absolute atomic E-state index is 0. The monoisotopic (exact) mass is 1840 g/mol. The summed E-state index contributed by atoms with van der Waals surface area (Å²) in [4.78, 5) is 123. The molecule has 25 aliphatic rings. The van der Waals surface area contributed by atoms with E-state index in [4.69, 9.17) is 52.1 Å². The normalized spacial score (nSPS) is 48.0. The quantitative estimate of drug-likeness (QED) is 0.0789. The van der Waals surface area contributed by atoms with E-state index in [-0.39, 0.29) is 217 Å². The Kier molecular flexibility index (Phi) is 30.9. The number of carbonyl (C=O) groups excluding carboxylic acids is 10. The third-order valence-corrected chi connectivity index (χ3v) is 42.3. The molecule has 0 radical (unpaired) electrons. The number of cyclic esters (lactones) is 5. The Bertz CT molecular complexity index is 4180. The van der Waals surface area contributed by atoms with Crippen LogP contribution in [-0.4, -0.2) is 136 Å². The largest absolute Gasteiger partial charge is 0.465 e. The van der Waals surface area contributed by atoms with E-state index in [9.17, 15) is 47.9 Å². The highest BCUT2D eigenvalue weighted by Gasteiger charge is 2.78. The van der Waals surface area contributed by atoms with Gasteiger partial charge in [-0.15, -0.1) is 0 Å². The van der Waals surface area contributed by atoms with Crippen molar-refractivity contribution in [3.8, 4) is 0 Å². The summed E-state index contributed by atoms with van der Waals surface area (Å²) in [7, 11) is 1.75. The lowest BCUT2D eigenvalue weighted by Gasteiger charge is -2.44. The molecule has 5 aliphatic heterocycles. The summed E-state index contributed by atoms with van der Waals surface area (Å²) in [5, 5.41) is 0. The van der Waals surface area contributed by atoms with Gasteiger partial charge < -0.3 is 52.1 Å². The highest BCUT2D eigenvalue weighted by molar-refractivity contribution is 5.81. The number of rotatable bonds is 16. The minimum Gasteiger partial charge on any atom is -0.465 e. The van der Waals surface area contributed by atoms with Gasteiger partial charge in [-0.1, -0.05) is 130 Å². The summed E-state index contributed by atoms with van der Waals surface area (Å²) in [6.45, 7) is 31.4. The molecule has 21 heteroatoms. The predicted molar refractivity (Wildman–Crippen MR) is 502 cm³/mol. The first kappa shape index (κ1) is 106. The van der Waals surface area contributed by atoms with Crippen LogP contribution in [0.15, 0.2) is 0 Å². The maximum Gasteiger partial charge on any atom is 0.311 e. The second-order valence-corrected chi connectivity index (χ2v) is 47.0. The van der Waals surface area contributed by atoms with Crippen LogP contribution in [0.4, 0.5) is 0 Å². The topological polar surface area (TPSA) is 272 Å². The first-order valence-electron chi connectivity index (χ1n) is 49.3. The van der Waals surface area contributed by atoms with Gasteiger partial charge in [0.2, 0.25) is 0 Å². The van der Waals surface area contributed by atoms with Crippen molar-refractivity contribution < 1.29 is 100 Å². The van der Waals surface area contributed by atoms with Gasteiger partial charge in [-0.25, -0.2) is 0 Å². The molecule has 25 rings (SSSR count). The fraction of sp³-hybridized carbons (Fsp3) is 0.909. The van der Waals surface area contributed by atoms with E-state index in [1.807, 2.05) is 90.0 Å². The number of methoxy groups -OCH3 is 1. The standard InChI is InChI=1S/C21H30O5.C21H30O4.C20H28O4.2C19H26O4.10CH4/c1-5-21(2,3)20(23)26-18-12-7-11(17(18)24-4)14-9-6-10(15(12)14)16-13(9)8-25-19(16)22;1-5-21(3,4)20(23)25-18-9(2)10-6-13(18)16-12-7-11(15(10)16)14-8-24-19(22)17(12)14;1-4-20(2,3)19(22)24-14-6-9-5-11(14)16-10-7-12(15(9)16)17-13(10)8-23-18(17)21;1-3-8(2)18(20)23-14-5-9-4-11(14)16-10-6-12(15(9)16)17-13(10)7-22-19(17)21;1-3-8(2)18(20)23-14-5-9-4-11(14)16-12-6-10(15(9)16)13-7-22-19(21)17(12)13;;;;;;;;;;/h9-18H,5-8H2,1-4H3;9-18H,5-8H2,1-4H3;9-17H,4-8H2,1-3H3;2*8-17H,3-7H2,1-2H3;10*1H4. The molecule has 0 N–H and O–H groups in total. The van der Waals surface area contributed by atoms with E-state index in [0.29, 0.717) is 234 Å². The van der Waals surface area contributed by atoms with Crippen LogP contribution in [0.3, 0.4) is 0 Å². The van der Waals surface area contributed by atoms with Crippen molar-refractivity contribution in [2.75, 3.05) is 40.1 Å². The Morgan fingerprint density at radius 1 is 0.290 bits per heavy atom. The number of ether oxygens (including phenoxy) is 11. The van der Waals surface area contributed by atoms with Crippen LogP contribution >= 0.6 is 0 Å². The van der Waals surface area contributed by atoms with E-state index >= 15 is 0 Å². The van der Waals surface area contributed by atoms with Crippen LogP contribution in [0.5, 0.6) is 0 Å². The van der Waals surface area contributed by atoms with Gasteiger partial charge in [-0.3, -0.25) is 47.9 Å². The zero-order chi connectivity index (χ0) is 84.6. The molecule has 5 saturated heterocycles. The average molecular weight is 1840 g/mol. The molecule has 49 atom stereocenters. The smallest absolute Gasteiger partial charge is 0.311 e. The average Bonchev–Trinajstić information content (AvgIpc) is 1.52. The van der Waals surface area contributed by atoms with E-state index in [1.165, 1.54) is 51.4 Å². The molecule has 5 heterocycles. The van der Waals surface area contributed by atoms with Gasteiger partial charge in [0.1, 0.15) is 30.5 Å². The van der Waals surface area contributed by atoms with Crippen molar-refractivity contribution in [1.82, 2.24) is 0 Å². The third kappa shape index (κ3) is 15.4. The van der Waals surface area contributed by atoms with Gasteiger partial charge in [0, 0.05) is 42.6 Å². The van der Waals surface area contributed by atoms with E-state index in [1.54, 1.807) is 7.11 Å². The second kappa shape index (κ2) is 38.1. The molecule has 20 bridgehead atoms. The molecule has 0 spiro atoms. The number of fused-ring (bicyclic) bond motifs is 60. The molecule has 0 amide bonds. The molecule has 0 aromatic carbocycles. The first-order valence-corrected chi connectivity index (χ1v) is 49.3. The Morgan fingerprint density at radius 2 is 0.527 bits per heavy atom. The first-order chi connectivity index (χ1) is 57.8. The Hall–Kier alpha value is -5.34. The molecule has 25 fully saturated rings. The van der Waals surface area contributed by atoms with E-state index in [2.05, 4.69) is 6.92 Å². The maximum atomic E-state index is 12.7. The molecular formula is C110H180O21. The molecule has 49 unspecified atom stereocenters. The van der Waals surface area contributed by atoms with Crippen LogP contribution < -0.4 is 0 Å². The van der Waals surface area contributed by atoms with Crippen LogP contribution in [0, 0.1) is 271 Å². The van der Waals surface area contributed by atoms with Crippen LogP contribution in [0.1, 0.15) is 287 Å². The highest BCUT2D eigenvalue weighted by atomic mass is 16.6. The highest BCUT2D eigenvalue weighted by Crippen LogP contribution is 2.78. The Labute approximate surface area is 789 Å². The molecule has 131 heavy (non-hydrogen) atoms. The van der Waals surface area contributed by atoms with Crippen molar-refractivity contribution in [2.45, 2.75) is 323 Å². The predicted octanol–water partition coefficient (Wildman–Crippen LogP) is 20.7. The van der Waals surface area contributed by atoms with Gasteiger partial charge in [0.25, 0.3) is 0 Å².